The van der Waals surface area contributed by atoms with E-state index >= 15 is 0 Å². The van der Waals surface area contributed by atoms with Gasteiger partial charge in [0.2, 0.25) is 0 Å². The van der Waals surface area contributed by atoms with Crippen molar-refractivity contribution in [2.24, 2.45) is 0 Å². The van der Waals surface area contributed by atoms with E-state index in [1.165, 1.54) is 0 Å². The van der Waals surface area contributed by atoms with E-state index in [1.807, 2.05) is 35.6 Å². The van der Waals surface area contributed by atoms with Crippen LogP contribution < -0.4 is 0 Å². The Kier molecular flexibility index (Phi) is 1.99. The maximum atomic E-state index is 11.8. The molecule has 0 saturated carbocycles. The van der Waals surface area contributed by atoms with E-state index in [2.05, 4.69) is 9.55 Å². The topological polar surface area (TPSA) is 38.1 Å². The molecule has 0 bridgehead atoms. The van der Waals surface area contributed by atoms with Gasteiger partial charge in [-0.05, 0) is 11.5 Å². The molecule has 1 aromatic heterocycles. The minimum atomic E-state index is 0.110. The number of imidazole rings is 1. The SMILES string of the molecule is O=C1/C(=C/c2cn3c(n2)CSC3)[C@H]2SC=CN12. The van der Waals surface area contributed by atoms with Crippen molar-refractivity contribution < 1.29 is 4.79 Å². The Morgan fingerprint density at radius 1 is 1.53 bits per heavy atom. The summed E-state index contributed by atoms with van der Waals surface area (Å²) in [6.07, 6.45) is 5.81. The number of nitrogens with zero attached hydrogens (tertiary/aromatic N) is 3. The van der Waals surface area contributed by atoms with E-state index in [0.29, 0.717) is 0 Å². The average molecular weight is 263 g/mol. The molecular weight excluding hydrogens is 254 g/mol. The van der Waals surface area contributed by atoms with Crippen LogP contribution in [0, 0.1) is 0 Å². The van der Waals surface area contributed by atoms with Crippen molar-refractivity contribution in [1.29, 1.82) is 0 Å². The number of hydrogen-bond acceptors (Lipinski definition) is 4. The Morgan fingerprint density at radius 3 is 3.35 bits per heavy atom. The van der Waals surface area contributed by atoms with Crippen LogP contribution in [-0.2, 0) is 16.4 Å². The quantitative estimate of drug-likeness (QED) is 0.572. The van der Waals surface area contributed by atoms with Crippen LogP contribution in [0.25, 0.3) is 6.08 Å². The second kappa shape index (κ2) is 3.43. The van der Waals surface area contributed by atoms with Crippen LogP contribution in [0.2, 0.25) is 0 Å². The molecule has 0 N–H and O–H groups in total. The zero-order valence-electron chi connectivity index (χ0n) is 8.87. The van der Waals surface area contributed by atoms with Gasteiger partial charge in [0.25, 0.3) is 5.91 Å². The van der Waals surface area contributed by atoms with Gasteiger partial charge in [-0.25, -0.2) is 4.98 Å². The molecule has 6 heteroatoms. The molecule has 3 aliphatic rings. The van der Waals surface area contributed by atoms with Crippen molar-refractivity contribution in [3.63, 3.8) is 0 Å². The molecule has 0 unspecified atom stereocenters. The number of fused-ring (bicyclic) bond motifs is 2. The molecule has 0 aromatic carbocycles. The Hall–Kier alpha value is -1.14. The van der Waals surface area contributed by atoms with Crippen LogP contribution in [0.15, 0.2) is 23.4 Å². The lowest BCUT2D eigenvalue weighted by Crippen LogP contribution is -2.47. The third kappa shape index (κ3) is 1.34. The van der Waals surface area contributed by atoms with Gasteiger partial charge in [0, 0.05) is 12.4 Å². The summed E-state index contributed by atoms with van der Waals surface area (Å²) < 4.78 is 2.15. The van der Waals surface area contributed by atoms with Crippen molar-refractivity contribution in [3.05, 3.63) is 34.9 Å². The fraction of sp³-hybridized carbons (Fsp3) is 0.273. The van der Waals surface area contributed by atoms with Gasteiger partial charge in [-0.1, -0.05) is 0 Å². The smallest absolute Gasteiger partial charge is 0.258 e. The number of thioether (sulfide) groups is 2. The second-order valence-corrected chi connectivity index (χ2v) is 6.06. The van der Waals surface area contributed by atoms with Gasteiger partial charge >= 0.3 is 0 Å². The molecule has 1 amide bonds. The number of hydrogen-bond donors (Lipinski definition) is 0. The highest BCUT2D eigenvalue weighted by molar-refractivity contribution is 8.03. The van der Waals surface area contributed by atoms with Crippen molar-refractivity contribution in [2.75, 3.05) is 0 Å². The molecule has 4 heterocycles. The first-order valence-corrected chi connectivity index (χ1v) is 7.43. The summed E-state index contributed by atoms with van der Waals surface area (Å²) in [6, 6.07) is 0. The summed E-state index contributed by atoms with van der Waals surface area (Å²) >= 11 is 3.53. The van der Waals surface area contributed by atoms with E-state index in [-0.39, 0.29) is 11.3 Å². The van der Waals surface area contributed by atoms with E-state index in [9.17, 15) is 4.79 Å². The summed E-state index contributed by atoms with van der Waals surface area (Å²) in [5, 5.41) is 2.15. The minimum Gasteiger partial charge on any atom is -0.324 e. The monoisotopic (exact) mass is 263 g/mol. The van der Waals surface area contributed by atoms with Gasteiger partial charge in [0.15, 0.2) is 0 Å². The largest absolute Gasteiger partial charge is 0.324 e. The van der Waals surface area contributed by atoms with Crippen LogP contribution in [0.5, 0.6) is 0 Å². The summed E-state index contributed by atoms with van der Waals surface area (Å²) in [4.78, 5) is 18.1. The number of amides is 1. The van der Waals surface area contributed by atoms with E-state index in [4.69, 9.17) is 0 Å². The predicted octanol–water partition coefficient (Wildman–Crippen LogP) is 1.86. The molecule has 0 radical (unpaired) electrons. The van der Waals surface area contributed by atoms with Crippen LogP contribution >= 0.6 is 23.5 Å². The summed E-state index contributed by atoms with van der Waals surface area (Å²) in [5.41, 5.74) is 1.78. The van der Waals surface area contributed by atoms with Crippen LogP contribution in [0.4, 0.5) is 0 Å². The molecular formula is C11H9N3OS2. The molecule has 1 aromatic rings. The molecule has 3 aliphatic heterocycles. The van der Waals surface area contributed by atoms with Crippen LogP contribution in [0.1, 0.15) is 11.5 Å². The van der Waals surface area contributed by atoms with Gasteiger partial charge in [-0.15, -0.1) is 23.5 Å². The Morgan fingerprint density at radius 2 is 2.47 bits per heavy atom. The van der Waals surface area contributed by atoms with Crippen molar-refractivity contribution in [1.82, 2.24) is 14.5 Å². The van der Waals surface area contributed by atoms with Crippen molar-refractivity contribution in [2.45, 2.75) is 17.0 Å². The first kappa shape index (κ1) is 9.85. The molecule has 1 saturated heterocycles. The summed E-state index contributed by atoms with van der Waals surface area (Å²) in [6.45, 7) is 0. The predicted molar refractivity (Wildman–Crippen MR) is 68.9 cm³/mol. The third-order valence-electron chi connectivity index (χ3n) is 3.07. The second-order valence-electron chi connectivity index (χ2n) is 4.12. The zero-order chi connectivity index (χ0) is 11.4. The zero-order valence-corrected chi connectivity index (χ0v) is 10.5. The highest BCUT2D eigenvalue weighted by Crippen LogP contribution is 2.41. The van der Waals surface area contributed by atoms with E-state index in [0.717, 1.165) is 28.7 Å². The van der Waals surface area contributed by atoms with Gasteiger partial charge < -0.3 is 4.57 Å². The molecule has 4 rings (SSSR count). The molecule has 86 valence electrons. The number of β-lactam (4-membered cyclic amide) rings is 1. The number of aromatic nitrogens is 2. The molecule has 4 nitrogen and oxygen atoms in total. The fourth-order valence-electron chi connectivity index (χ4n) is 2.21. The standard InChI is InChI=1S/C11H9N3OS2/c15-10-8(11-14(10)1-2-17-11)3-7-4-13-6-16-5-9(13)12-7/h1-4,11H,5-6H2/b8-3-/t11-/m1/s1. The van der Waals surface area contributed by atoms with Crippen LogP contribution in [0.3, 0.4) is 0 Å². The van der Waals surface area contributed by atoms with Gasteiger partial charge in [-0.3, -0.25) is 9.69 Å². The molecule has 0 aliphatic carbocycles. The van der Waals surface area contributed by atoms with Crippen LogP contribution in [-0.4, -0.2) is 25.7 Å². The highest BCUT2D eigenvalue weighted by atomic mass is 32.2. The lowest BCUT2D eigenvalue weighted by molar-refractivity contribution is -0.130. The Bertz CT molecular complexity index is 554. The first-order chi connectivity index (χ1) is 8.33. The lowest BCUT2D eigenvalue weighted by atomic mass is 10.1. The number of rotatable bonds is 1. The molecule has 17 heavy (non-hydrogen) atoms. The molecule has 0 spiro atoms. The number of carbonyl (C=O) groups excluding carboxylic acids is 1. The van der Waals surface area contributed by atoms with E-state index < -0.39 is 0 Å². The average Bonchev–Trinajstić information content (AvgIpc) is 2.99. The van der Waals surface area contributed by atoms with Crippen molar-refractivity contribution >= 4 is 35.5 Å². The summed E-state index contributed by atoms with van der Waals surface area (Å²) in [7, 11) is 0. The minimum absolute atomic E-state index is 0.110. The first-order valence-electron chi connectivity index (χ1n) is 5.33. The molecule has 1 fully saturated rings. The highest BCUT2D eigenvalue weighted by Gasteiger charge is 2.43. The third-order valence-corrected chi connectivity index (χ3v) is 5.01. The summed E-state index contributed by atoms with van der Waals surface area (Å²) in [5.74, 6) is 3.18. The van der Waals surface area contributed by atoms with Gasteiger partial charge in [-0.2, -0.15) is 0 Å². The normalized spacial score (nSPS) is 27.5. The van der Waals surface area contributed by atoms with Crippen molar-refractivity contribution in [3.8, 4) is 0 Å². The Balaban J connectivity index is 1.66. The Labute approximate surface area is 107 Å². The van der Waals surface area contributed by atoms with Gasteiger partial charge in [0.05, 0.1) is 22.9 Å². The fourth-order valence-corrected chi connectivity index (χ4v) is 4.09. The molecule has 1 atom stereocenters. The maximum absolute atomic E-state index is 11.8. The number of carbonyl (C=O) groups is 1. The lowest BCUT2D eigenvalue weighted by Gasteiger charge is -2.35. The maximum Gasteiger partial charge on any atom is 0.258 e. The van der Waals surface area contributed by atoms with E-state index in [1.54, 1.807) is 16.7 Å². The van der Waals surface area contributed by atoms with Gasteiger partial charge in [0.1, 0.15) is 11.2 Å².